The van der Waals surface area contributed by atoms with E-state index in [2.05, 4.69) is 36.5 Å². The number of imide groups is 1. The number of rotatable bonds is 5. The first kappa shape index (κ1) is 17.6. The second-order valence-corrected chi connectivity index (χ2v) is 6.96. The summed E-state index contributed by atoms with van der Waals surface area (Å²) in [5.74, 6) is -0.359. The Morgan fingerprint density at radius 3 is 2.70 bits per heavy atom. The summed E-state index contributed by atoms with van der Waals surface area (Å²) in [6.07, 6.45) is 1.72. The van der Waals surface area contributed by atoms with E-state index >= 15 is 0 Å². The highest BCUT2D eigenvalue weighted by Crippen LogP contribution is 2.25. The fourth-order valence-electron chi connectivity index (χ4n) is 1.78. The third kappa shape index (κ3) is 5.11. The quantitative estimate of drug-likeness (QED) is 0.677. The molecule has 122 valence electrons. The molecule has 0 radical (unpaired) electrons. The molecule has 6 nitrogen and oxygen atoms in total. The highest BCUT2D eigenvalue weighted by atomic mass is 79.9. The Morgan fingerprint density at radius 2 is 2.04 bits per heavy atom. The number of urea groups is 1. The van der Waals surface area contributed by atoms with Gasteiger partial charge in [-0.3, -0.25) is 10.1 Å². The zero-order valence-corrected chi connectivity index (χ0v) is 15.1. The lowest BCUT2D eigenvalue weighted by Crippen LogP contribution is -2.42. The predicted molar refractivity (Wildman–Crippen MR) is 94.3 cm³/mol. The van der Waals surface area contributed by atoms with E-state index in [0.717, 1.165) is 15.7 Å². The summed E-state index contributed by atoms with van der Waals surface area (Å²) in [6, 6.07) is 7.35. The average molecular weight is 397 g/mol. The van der Waals surface area contributed by atoms with Crippen molar-refractivity contribution in [1.82, 2.24) is 20.6 Å². The van der Waals surface area contributed by atoms with Crippen LogP contribution in [-0.4, -0.2) is 33.7 Å². The van der Waals surface area contributed by atoms with Gasteiger partial charge in [-0.15, -0.1) is 0 Å². The summed E-state index contributed by atoms with van der Waals surface area (Å²) >= 11 is 4.66. The number of hydrogen-bond donors (Lipinski definition) is 3. The van der Waals surface area contributed by atoms with E-state index in [-0.39, 0.29) is 5.91 Å². The standard InChI is InChI=1S/C15H17BrN4O2S/c1-3-17-14(22)20-13(21)9(2)23-15-18-8-12(19-15)10-4-6-11(16)7-5-10/h4-9H,3H2,1-2H3,(H,18,19)(H2,17,20,21,22)/t9-/m1/s1. The van der Waals surface area contributed by atoms with Crippen LogP contribution in [0.1, 0.15) is 13.8 Å². The van der Waals surface area contributed by atoms with E-state index in [0.29, 0.717) is 11.7 Å². The van der Waals surface area contributed by atoms with Crippen molar-refractivity contribution in [3.05, 3.63) is 34.9 Å². The number of aromatic nitrogens is 2. The zero-order chi connectivity index (χ0) is 16.8. The van der Waals surface area contributed by atoms with Crippen LogP contribution < -0.4 is 10.6 Å². The largest absolute Gasteiger partial charge is 0.338 e. The molecule has 2 rings (SSSR count). The third-order valence-electron chi connectivity index (χ3n) is 2.94. The Morgan fingerprint density at radius 1 is 1.35 bits per heavy atom. The molecule has 0 aliphatic rings. The van der Waals surface area contributed by atoms with Gasteiger partial charge in [-0.1, -0.05) is 39.8 Å². The van der Waals surface area contributed by atoms with Crippen molar-refractivity contribution in [2.24, 2.45) is 0 Å². The number of carbonyl (C=O) groups is 2. The van der Waals surface area contributed by atoms with Crippen LogP contribution in [0.3, 0.4) is 0 Å². The van der Waals surface area contributed by atoms with E-state index in [9.17, 15) is 9.59 Å². The summed E-state index contributed by atoms with van der Waals surface area (Å²) in [5.41, 5.74) is 1.88. The molecule has 0 unspecified atom stereocenters. The Kier molecular flexibility index (Phi) is 6.23. The summed E-state index contributed by atoms with van der Waals surface area (Å²) in [5, 5.41) is 4.99. The minimum absolute atomic E-state index is 0.359. The lowest BCUT2D eigenvalue weighted by Gasteiger charge is -2.09. The van der Waals surface area contributed by atoms with Crippen LogP contribution in [-0.2, 0) is 4.79 Å². The number of thioether (sulfide) groups is 1. The van der Waals surface area contributed by atoms with Crippen LogP contribution in [0.5, 0.6) is 0 Å². The minimum Gasteiger partial charge on any atom is -0.338 e. The molecule has 0 bridgehead atoms. The summed E-state index contributed by atoms with van der Waals surface area (Å²) < 4.78 is 1.01. The molecule has 2 aromatic rings. The van der Waals surface area contributed by atoms with Gasteiger partial charge >= 0.3 is 6.03 Å². The molecule has 3 amide bonds. The van der Waals surface area contributed by atoms with Gasteiger partial charge in [0.1, 0.15) is 0 Å². The maximum absolute atomic E-state index is 11.9. The lowest BCUT2D eigenvalue weighted by molar-refractivity contribution is -0.119. The second-order valence-electron chi connectivity index (χ2n) is 4.72. The number of halogens is 1. The number of H-pyrrole nitrogens is 1. The Labute approximate surface area is 147 Å². The number of nitrogens with zero attached hydrogens (tertiary/aromatic N) is 1. The Bertz CT molecular complexity index is 687. The average Bonchev–Trinajstić information content (AvgIpc) is 2.96. The first-order chi connectivity index (χ1) is 11.0. The fraction of sp³-hybridized carbons (Fsp3) is 0.267. The monoisotopic (exact) mass is 396 g/mol. The van der Waals surface area contributed by atoms with Gasteiger partial charge in [-0.2, -0.15) is 0 Å². The van der Waals surface area contributed by atoms with Gasteiger partial charge in [-0.05, 0) is 31.5 Å². The number of hydrogen-bond acceptors (Lipinski definition) is 4. The van der Waals surface area contributed by atoms with Gasteiger partial charge in [-0.25, -0.2) is 9.78 Å². The first-order valence-corrected chi connectivity index (χ1v) is 8.73. The normalized spacial score (nSPS) is 11.8. The van der Waals surface area contributed by atoms with Crippen LogP contribution in [0.4, 0.5) is 4.79 Å². The number of benzene rings is 1. The molecule has 0 aliphatic carbocycles. The molecule has 0 spiro atoms. The Balaban J connectivity index is 1.97. The van der Waals surface area contributed by atoms with Crippen molar-refractivity contribution in [3.63, 3.8) is 0 Å². The predicted octanol–water partition coefficient (Wildman–Crippen LogP) is 3.17. The van der Waals surface area contributed by atoms with E-state index in [4.69, 9.17) is 0 Å². The topological polar surface area (TPSA) is 86.9 Å². The number of imidazole rings is 1. The van der Waals surface area contributed by atoms with Crippen molar-refractivity contribution in [2.45, 2.75) is 24.3 Å². The second kappa shape index (κ2) is 8.16. The third-order valence-corrected chi connectivity index (χ3v) is 4.47. The smallest absolute Gasteiger partial charge is 0.321 e. The van der Waals surface area contributed by atoms with Gasteiger partial charge in [0.2, 0.25) is 5.91 Å². The Hall–Kier alpha value is -1.80. The van der Waals surface area contributed by atoms with Crippen molar-refractivity contribution < 1.29 is 9.59 Å². The molecule has 1 atom stereocenters. The molecule has 1 heterocycles. The molecule has 0 fully saturated rings. The van der Waals surface area contributed by atoms with Gasteiger partial charge in [0.25, 0.3) is 0 Å². The molecule has 3 N–H and O–H groups in total. The van der Waals surface area contributed by atoms with Gasteiger partial charge in [0.15, 0.2) is 5.16 Å². The molecule has 0 saturated carbocycles. The van der Waals surface area contributed by atoms with Crippen LogP contribution in [0.15, 0.2) is 40.1 Å². The summed E-state index contributed by atoms with van der Waals surface area (Å²) in [6.45, 7) is 3.98. The van der Waals surface area contributed by atoms with Crippen molar-refractivity contribution in [2.75, 3.05) is 6.54 Å². The highest BCUT2D eigenvalue weighted by molar-refractivity contribution is 9.10. The van der Waals surface area contributed by atoms with E-state index in [1.54, 1.807) is 20.0 Å². The van der Waals surface area contributed by atoms with Gasteiger partial charge < -0.3 is 10.3 Å². The van der Waals surface area contributed by atoms with Gasteiger partial charge in [0.05, 0.1) is 17.1 Å². The number of nitrogens with one attached hydrogen (secondary N) is 3. The zero-order valence-electron chi connectivity index (χ0n) is 12.7. The van der Waals surface area contributed by atoms with E-state index in [1.807, 2.05) is 24.3 Å². The van der Waals surface area contributed by atoms with Crippen LogP contribution >= 0.6 is 27.7 Å². The molecule has 1 aromatic carbocycles. The molecular weight excluding hydrogens is 380 g/mol. The number of carbonyl (C=O) groups excluding carboxylic acids is 2. The molecule has 0 saturated heterocycles. The fourth-order valence-corrected chi connectivity index (χ4v) is 2.83. The molecule has 0 aliphatic heterocycles. The molecule has 8 heteroatoms. The van der Waals surface area contributed by atoms with Crippen molar-refractivity contribution >= 4 is 39.6 Å². The van der Waals surface area contributed by atoms with E-state index in [1.165, 1.54) is 11.8 Å². The number of aromatic amines is 1. The SMILES string of the molecule is CCNC(=O)NC(=O)[C@@H](C)Sc1ncc(-c2ccc(Br)cc2)[nH]1. The van der Waals surface area contributed by atoms with Crippen LogP contribution in [0.25, 0.3) is 11.3 Å². The number of amides is 3. The molecule has 1 aromatic heterocycles. The lowest BCUT2D eigenvalue weighted by atomic mass is 10.2. The van der Waals surface area contributed by atoms with Crippen molar-refractivity contribution in [3.8, 4) is 11.3 Å². The molecule has 23 heavy (non-hydrogen) atoms. The van der Waals surface area contributed by atoms with E-state index < -0.39 is 11.3 Å². The minimum atomic E-state index is -0.486. The highest BCUT2D eigenvalue weighted by Gasteiger charge is 2.18. The van der Waals surface area contributed by atoms with Crippen molar-refractivity contribution in [1.29, 1.82) is 0 Å². The van der Waals surface area contributed by atoms with Crippen LogP contribution in [0.2, 0.25) is 0 Å². The maximum Gasteiger partial charge on any atom is 0.321 e. The summed E-state index contributed by atoms with van der Waals surface area (Å²) in [7, 11) is 0. The van der Waals surface area contributed by atoms with Crippen LogP contribution in [0, 0.1) is 0 Å². The summed E-state index contributed by atoms with van der Waals surface area (Å²) in [4.78, 5) is 30.7. The maximum atomic E-state index is 11.9. The van der Waals surface area contributed by atoms with Gasteiger partial charge in [0, 0.05) is 11.0 Å². The first-order valence-electron chi connectivity index (χ1n) is 7.06. The molecular formula is C15H17BrN4O2S.